The van der Waals surface area contributed by atoms with Gasteiger partial charge >= 0.3 is 12.2 Å². The van der Waals surface area contributed by atoms with Gasteiger partial charge in [0.2, 0.25) is 0 Å². The number of methoxy groups -OCH3 is 1. The van der Waals surface area contributed by atoms with Gasteiger partial charge in [-0.1, -0.05) is 18.2 Å². The number of carbonyl (C=O) groups excluding carboxylic acids is 1. The molecule has 0 aliphatic rings. The number of urea groups is 1. The lowest BCUT2D eigenvalue weighted by molar-refractivity contribution is -0.137. The molecule has 0 aliphatic heterocycles. The van der Waals surface area contributed by atoms with Crippen LogP contribution in [0.15, 0.2) is 67.1 Å². The summed E-state index contributed by atoms with van der Waals surface area (Å²) < 4.78 is 45.5. The van der Waals surface area contributed by atoms with E-state index in [1.165, 1.54) is 12.1 Å². The second-order valence-electron chi connectivity index (χ2n) is 7.22. The molecule has 0 unspecified atom stereocenters. The predicted molar refractivity (Wildman–Crippen MR) is 119 cm³/mol. The van der Waals surface area contributed by atoms with Gasteiger partial charge in [-0.3, -0.25) is 9.67 Å². The van der Waals surface area contributed by atoms with Crippen molar-refractivity contribution >= 4 is 28.3 Å². The standard InChI is InChI=1S/C23H20F3N5O2/c1-33-10-9-31-21-14-27-12-19(20(21)13-28-31)15-5-7-17(8-6-15)29-22(32)30-18-4-2-3-16(11-18)23(24,25)26/h2-8,11-14H,9-10H2,1H3,(H2,29,30,32). The topological polar surface area (TPSA) is 81.1 Å². The minimum Gasteiger partial charge on any atom is -0.383 e. The zero-order valence-electron chi connectivity index (χ0n) is 17.6. The second kappa shape index (κ2) is 9.29. The molecule has 2 amide bonds. The summed E-state index contributed by atoms with van der Waals surface area (Å²) in [5, 5.41) is 10.4. The van der Waals surface area contributed by atoms with E-state index >= 15 is 0 Å². The van der Waals surface area contributed by atoms with E-state index in [2.05, 4.69) is 20.7 Å². The fraction of sp³-hybridized carbons (Fsp3) is 0.174. The van der Waals surface area contributed by atoms with Crippen LogP contribution in [-0.2, 0) is 17.5 Å². The number of anilines is 2. The Morgan fingerprint density at radius 2 is 1.79 bits per heavy atom. The Balaban J connectivity index is 1.47. The highest BCUT2D eigenvalue weighted by Gasteiger charge is 2.30. The third-order valence-corrected chi connectivity index (χ3v) is 4.98. The lowest BCUT2D eigenvalue weighted by Gasteiger charge is -2.11. The van der Waals surface area contributed by atoms with E-state index in [0.717, 1.165) is 34.2 Å². The molecule has 0 radical (unpaired) electrons. The van der Waals surface area contributed by atoms with Crippen molar-refractivity contribution in [1.82, 2.24) is 14.8 Å². The van der Waals surface area contributed by atoms with Crippen LogP contribution in [0.3, 0.4) is 0 Å². The van der Waals surface area contributed by atoms with Crippen molar-refractivity contribution in [2.24, 2.45) is 0 Å². The Hall–Kier alpha value is -3.92. The Kier molecular flexibility index (Phi) is 6.27. The first-order valence-electron chi connectivity index (χ1n) is 9.99. The number of hydrogen-bond donors (Lipinski definition) is 2. The number of amides is 2. The average Bonchev–Trinajstić information content (AvgIpc) is 3.21. The zero-order chi connectivity index (χ0) is 23.4. The minimum atomic E-state index is -4.48. The van der Waals surface area contributed by atoms with Gasteiger partial charge < -0.3 is 15.4 Å². The van der Waals surface area contributed by atoms with Crippen LogP contribution in [0, 0.1) is 0 Å². The van der Waals surface area contributed by atoms with Gasteiger partial charge in [0, 0.05) is 35.6 Å². The third-order valence-electron chi connectivity index (χ3n) is 4.98. The van der Waals surface area contributed by atoms with Crippen molar-refractivity contribution in [2.75, 3.05) is 24.4 Å². The maximum Gasteiger partial charge on any atom is 0.416 e. The van der Waals surface area contributed by atoms with Crippen LogP contribution in [0.25, 0.3) is 22.0 Å². The number of hydrogen-bond acceptors (Lipinski definition) is 4. The normalized spacial score (nSPS) is 11.5. The van der Waals surface area contributed by atoms with Gasteiger partial charge in [0.1, 0.15) is 0 Å². The summed E-state index contributed by atoms with van der Waals surface area (Å²) >= 11 is 0. The maximum absolute atomic E-state index is 12.8. The fourth-order valence-electron chi connectivity index (χ4n) is 3.38. The van der Waals surface area contributed by atoms with Crippen molar-refractivity contribution in [3.63, 3.8) is 0 Å². The first-order valence-corrected chi connectivity index (χ1v) is 9.99. The van der Waals surface area contributed by atoms with Gasteiger partial charge in [0.25, 0.3) is 0 Å². The van der Waals surface area contributed by atoms with Gasteiger partial charge in [0.15, 0.2) is 0 Å². The molecule has 0 saturated heterocycles. The molecular formula is C23H20F3N5O2. The zero-order valence-corrected chi connectivity index (χ0v) is 17.6. The SMILES string of the molecule is COCCn1ncc2c(-c3ccc(NC(=O)Nc4cccc(C(F)(F)F)c4)cc3)cncc21. The van der Waals surface area contributed by atoms with Crippen LogP contribution in [0.4, 0.5) is 29.3 Å². The number of halogens is 3. The first kappa shape index (κ1) is 22.3. The summed E-state index contributed by atoms with van der Waals surface area (Å²) in [6.07, 6.45) is 0.779. The van der Waals surface area contributed by atoms with E-state index in [1.54, 1.807) is 37.8 Å². The van der Waals surface area contributed by atoms with Crippen molar-refractivity contribution in [2.45, 2.75) is 12.7 Å². The second-order valence-corrected chi connectivity index (χ2v) is 7.22. The molecule has 7 nitrogen and oxygen atoms in total. The number of benzene rings is 2. The number of carbonyl (C=O) groups is 1. The molecule has 33 heavy (non-hydrogen) atoms. The summed E-state index contributed by atoms with van der Waals surface area (Å²) in [7, 11) is 1.63. The number of rotatable bonds is 6. The Morgan fingerprint density at radius 1 is 1.03 bits per heavy atom. The van der Waals surface area contributed by atoms with Crippen LogP contribution in [-0.4, -0.2) is 34.5 Å². The number of pyridine rings is 1. The molecule has 2 N–H and O–H groups in total. The summed E-state index contributed by atoms with van der Waals surface area (Å²) in [5.41, 5.74) is 2.34. The predicted octanol–water partition coefficient (Wildman–Crippen LogP) is 5.41. The van der Waals surface area contributed by atoms with Crippen LogP contribution < -0.4 is 10.6 Å². The van der Waals surface area contributed by atoms with E-state index in [9.17, 15) is 18.0 Å². The molecule has 4 rings (SSSR count). The summed E-state index contributed by atoms with van der Waals surface area (Å²) in [5.74, 6) is 0. The van der Waals surface area contributed by atoms with Crippen molar-refractivity contribution in [1.29, 1.82) is 0 Å². The van der Waals surface area contributed by atoms with E-state index in [0.29, 0.717) is 18.8 Å². The quantitative estimate of drug-likeness (QED) is 0.408. The smallest absolute Gasteiger partial charge is 0.383 e. The van der Waals surface area contributed by atoms with Crippen molar-refractivity contribution in [3.8, 4) is 11.1 Å². The average molecular weight is 455 g/mol. The molecular weight excluding hydrogens is 435 g/mol. The molecule has 0 atom stereocenters. The van der Waals surface area contributed by atoms with E-state index in [-0.39, 0.29) is 5.69 Å². The molecule has 0 aliphatic carbocycles. The van der Waals surface area contributed by atoms with Gasteiger partial charge in [-0.25, -0.2) is 4.79 Å². The van der Waals surface area contributed by atoms with Gasteiger partial charge in [-0.15, -0.1) is 0 Å². The molecule has 10 heteroatoms. The largest absolute Gasteiger partial charge is 0.416 e. The molecule has 0 spiro atoms. The highest BCUT2D eigenvalue weighted by Crippen LogP contribution is 2.31. The first-order chi connectivity index (χ1) is 15.8. The summed E-state index contributed by atoms with van der Waals surface area (Å²) in [6, 6.07) is 10.8. The van der Waals surface area contributed by atoms with E-state index in [1.807, 2.05) is 16.8 Å². The Morgan fingerprint density at radius 3 is 2.52 bits per heavy atom. The monoisotopic (exact) mass is 455 g/mol. The van der Waals surface area contributed by atoms with Crippen LogP contribution >= 0.6 is 0 Å². The highest BCUT2D eigenvalue weighted by molar-refractivity contribution is 6.00. The molecule has 170 valence electrons. The van der Waals surface area contributed by atoms with Crippen LogP contribution in [0.5, 0.6) is 0 Å². The fourth-order valence-corrected chi connectivity index (χ4v) is 3.38. The van der Waals surface area contributed by atoms with Crippen molar-refractivity contribution < 1.29 is 22.7 Å². The summed E-state index contributed by atoms with van der Waals surface area (Å²) in [6.45, 7) is 1.14. The number of alkyl halides is 3. The lowest BCUT2D eigenvalue weighted by Crippen LogP contribution is -2.19. The molecule has 4 aromatic rings. The summed E-state index contributed by atoms with van der Waals surface area (Å²) in [4.78, 5) is 16.5. The Bertz CT molecular complexity index is 1270. The minimum absolute atomic E-state index is 0.0437. The number of nitrogens with one attached hydrogen (secondary N) is 2. The van der Waals surface area contributed by atoms with Gasteiger partial charge in [0.05, 0.1) is 36.6 Å². The maximum atomic E-state index is 12.8. The molecule has 0 fully saturated rings. The number of fused-ring (bicyclic) bond motifs is 1. The lowest BCUT2D eigenvalue weighted by atomic mass is 10.0. The molecule has 2 aromatic carbocycles. The van der Waals surface area contributed by atoms with E-state index in [4.69, 9.17) is 4.74 Å². The van der Waals surface area contributed by atoms with Gasteiger partial charge in [-0.05, 0) is 35.9 Å². The molecule has 2 heterocycles. The van der Waals surface area contributed by atoms with E-state index < -0.39 is 17.8 Å². The third kappa shape index (κ3) is 5.12. The number of aromatic nitrogens is 3. The van der Waals surface area contributed by atoms with Crippen LogP contribution in [0.1, 0.15) is 5.56 Å². The molecule has 2 aromatic heterocycles. The van der Waals surface area contributed by atoms with Crippen molar-refractivity contribution in [3.05, 3.63) is 72.7 Å². The molecule has 0 saturated carbocycles. The highest BCUT2D eigenvalue weighted by atomic mass is 19.4. The van der Waals surface area contributed by atoms with Gasteiger partial charge in [-0.2, -0.15) is 18.3 Å². The number of ether oxygens (including phenoxy) is 1. The molecule has 0 bridgehead atoms. The Labute approximate surface area is 187 Å². The van der Waals surface area contributed by atoms with Crippen LogP contribution in [0.2, 0.25) is 0 Å². The number of nitrogens with zero attached hydrogens (tertiary/aromatic N) is 3.